The second-order valence-electron chi connectivity index (χ2n) is 8.67. The molecule has 1 saturated heterocycles. The molecule has 34 heavy (non-hydrogen) atoms. The number of fused-ring (bicyclic) bond motifs is 1. The number of alkyl halides is 3. The third-order valence-corrected chi connectivity index (χ3v) is 6.08. The first kappa shape index (κ1) is 24.0. The number of ether oxygens (including phenoxy) is 1. The SMILES string of the molecule is CN(CCC1CCCO1)c1ccc2cc(NC(=O)CCc3ccc(C(F)(F)F)cc3)ccc2n1. The van der Waals surface area contributed by atoms with Crippen molar-refractivity contribution in [2.45, 2.75) is 44.4 Å². The zero-order chi connectivity index (χ0) is 24.1. The average molecular weight is 472 g/mol. The summed E-state index contributed by atoms with van der Waals surface area (Å²) in [6.07, 6.45) is -0.242. The van der Waals surface area contributed by atoms with E-state index in [0.717, 1.165) is 61.3 Å². The Bertz CT molecular complexity index is 1130. The fraction of sp³-hybridized carbons (Fsp3) is 0.385. The molecule has 0 aliphatic carbocycles. The summed E-state index contributed by atoms with van der Waals surface area (Å²) in [4.78, 5) is 19.2. The molecule has 4 rings (SSSR count). The van der Waals surface area contributed by atoms with Gasteiger partial charge in [0.25, 0.3) is 0 Å². The summed E-state index contributed by atoms with van der Waals surface area (Å²) in [5.41, 5.74) is 1.49. The predicted octanol–water partition coefficient (Wildman–Crippen LogP) is 5.83. The van der Waals surface area contributed by atoms with E-state index in [1.807, 2.05) is 37.4 Å². The predicted molar refractivity (Wildman–Crippen MR) is 127 cm³/mol. The number of halogens is 3. The van der Waals surface area contributed by atoms with Gasteiger partial charge in [0.15, 0.2) is 0 Å². The lowest BCUT2D eigenvalue weighted by Crippen LogP contribution is -2.23. The zero-order valence-electron chi connectivity index (χ0n) is 19.1. The van der Waals surface area contributed by atoms with E-state index < -0.39 is 11.7 Å². The van der Waals surface area contributed by atoms with Gasteiger partial charge in [-0.3, -0.25) is 4.79 Å². The number of nitrogens with one attached hydrogen (secondary N) is 1. The quantitative estimate of drug-likeness (QED) is 0.449. The third-order valence-electron chi connectivity index (χ3n) is 6.08. The molecule has 1 atom stereocenters. The van der Waals surface area contributed by atoms with Crippen LogP contribution in [0.15, 0.2) is 54.6 Å². The number of rotatable bonds is 8. The van der Waals surface area contributed by atoms with Crippen molar-refractivity contribution in [2.75, 3.05) is 30.4 Å². The van der Waals surface area contributed by atoms with Crippen molar-refractivity contribution in [3.8, 4) is 0 Å². The molecule has 1 N–H and O–H groups in total. The van der Waals surface area contributed by atoms with Crippen LogP contribution in [0.4, 0.5) is 24.7 Å². The first-order chi connectivity index (χ1) is 16.3. The molecule has 5 nitrogen and oxygen atoms in total. The van der Waals surface area contributed by atoms with Crippen LogP contribution in [0.5, 0.6) is 0 Å². The minimum absolute atomic E-state index is 0.177. The van der Waals surface area contributed by atoms with Gasteiger partial charge in [0.2, 0.25) is 5.91 Å². The Kier molecular flexibility index (Phi) is 7.36. The summed E-state index contributed by atoms with van der Waals surface area (Å²) >= 11 is 0. The summed E-state index contributed by atoms with van der Waals surface area (Å²) < 4.78 is 43.7. The Morgan fingerprint density at radius 2 is 1.94 bits per heavy atom. The van der Waals surface area contributed by atoms with Gasteiger partial charge in [-0.15, -0.1) is 0 Å². The highest BCUT2D eigenvalue weighted by Crippen LogP contribution is 2.29. The number of aryl methyl sites for hydroxylation is 1. The molecular weight excluding hydrogens is 443 g/mol. The van der Waals surface area contributed by atoms with Crippen molar-refractivity contribution in [1.82, 2.24) is 4.98 Å². The number of carbonyl (C=O) groups is 1. The Labute approximate surface area is 196 Å². The van der Waals surface area contributed by atoms with E-state index in [9.17, 15) is 18.0 Å². The van der Waals surface area contributed by atoms with E-state index in [0.29, 0.717) is 23.8 Å². The molecule has 1 aliphatic heterocycles. The molecule has 0 radical (unpaired) electrons. The summed E-state index contributed by atoms with van der Waals surface area (Å²) in [6, 6.07) is 14.4. The van der Waals surface area contributed by atoms with Gasteiger partial charge >= 0.3 is 6.18 Å². The number of aromatic nitrogens is 1. The van der Waals surface area contributed by atoms with E-state index in [1.54, 1.807) is 0 Å². The van der Waals surface area contributed by atoms with E-state index in [-0.39, 0.29) is 12.3 Å². The van der Waals surface area contributed by atoms with Crippen molar-refractivity contribution in [1.29, 1.82) is 0 Å². The summed E-state index contributed by atoms with van der Waals surface area (Å²) in [7, 11) is 2.02. The minimum atomic E-state index is -4.36. The Hall–Kier alpha value is -3.13. The topological polar surface area (TPSA) is 54.5 Å². The van der Waals surface area contributed by atoms with Crippen molar-refractivity contribution in [3.05, 3.63) is 65.7 Å². The van der Waals surface area contributed by atoms with Gasteiger partial charge in [-0.2, -0.15) is 13.2 Å². The van der Waals surface area contributed by atoms with Gasteiger partial charge in [-0.25, -0.2) is 4.98 Å². The maximum absolute atomic E-state index is 12.7. The number of carbonyl (C=O) groups excluding carboxylic acids is 1. The van der Waals surface area contributed by atoms with Gasteiger partial charge in [0.1, 0.15) is 5.82 Å². The van der Waals surface area contributed by atoms with Crippen LogP contribution in [0.3, 0.4) is 0 Å². The zero-order valence-corrected chi connectivity index (χ0v) is 19.1. The van der Waals surface area contributed by atoms with Gasteiger partial charge in [-0.05, 0) is 73.7 Å². The largest absolute Gasteiger partial charge is 0.416 e. The molecular formula is C26H28F3N3O2. The maximum Gasteiger partial charge on any atom is 0.416 e. The molecule has 180 valence electrons. The summed E-state index contributed by atoms with van der Waals surface area (Å²) in [6.45, 7) is 1.73. The third kappa shape index (κ3) is 6.26. The smallest absolute Gasteiger partial charge is 0.378 e. The number of nitrogens with zero attached hydrogens (tertiary/aromatic N) is 2. The lowest BCUT2D eigenvalue weighted by molar-refractivity contribution is -0.137. The first-order valence-corrected chi connectivity index (χ1v) is 11.5. The molecule has 0 spiro atoms. The normalized spacial score (nSPS) is 16.1. The minimum Gasteiger partial charge on any atom is -0.378 e. The molecule has 8 heteroatoms. The lowest BCUT2D eigenvalue weighted by Gasteiger charge is -2.20. The molecule has 0 saturated carbocycles. The van der Waals surface area contributed by atoms with E-state index in [1.165, 1.54) is 12.1 Å². The molecule has 0 bridgehead atoms. The van der Waals surface area contributed by atoms with Gasteiger partial charge in [-0.1, -0.05) is 12.1 Å². The average Bonchev–Trinajstić information content (AvgIpc) is 3.34. The number of anilines is 2. The first-order valence-electron chi connectivity index (χ1n) is 11.5. The highest BCUT2D eigenvalue weighted by Gasteiger charge is 2.29. The number of hydrogen-bond donors (Lipinski definition) is 1. The van der Waals surface area contributed by atoms with Crippen LogP contribution in [0, 0.1) is 0 Å². The monoisotopic (exact) mass is 471 g/mol. The van der Waals surface area contributed by atoms with Crippen LogP contribution in [0.25, 0.3) is 10.9 Å². The molecule has 3 aromatic rings. The molecule has 1 aliphatic rings. The van der Waals surface area contributed by atoms with Crippen LogP contribution in [-0.2, 0) is 22.1 Å². The highest BCUT2D eigenvalue weighted by molar-refractivity contribution is 5.94. The number of pyridine rings is 1. The summed E-state index contributed by atoms with van der Waals surface area (Å²) in [5.74, 6) is 0.691. The second kappa shape index (κ2) is 10.4. The summed E-state index contributed by atoms with van der Waals surface area (Å²) in [5, 5.41) is 3.77. The molecule has 2 heterocycles. The Morgan fingerprint density at radius 1 is 1.15 bits per heavy atom. The second-order valence-corrected chi connectivity index (χ2v) is 8.67. The fourth-order valence-electron chi connectivity index (χ4n) is 4.07. The maximum atomic E-state index is 12.7. The van der Waals surface area contributed by atoms with Crippen LogP contribution in [0.1, 0.15) is 36.8 Å². The standard InChI is InChI=1S/C26H28F3N3O2/c1-32(15-14-22-3-2-16-34-22)24-12-7-19-17-21(10-11-23(19)31-24)30-25(33)13-6-18-4-8-20(9-5-18)26(27,28)29/h4-5,7-12,17,22H,2-3,6,13-16H2,1H3,(H,30,33). The number of benzene rings is 2. The molecule has 1 unspecified atom stereocenters. The molecule has 1 fully saturated rings. The molecule has 1 amide bonds. The Balaban J connectivity index is 1.31. The van der Waals surface area contributed by atoms with Gasteiger partial charge < -0.3 is 15.0 Å². The van der Waals surface area contributed by atoms with Crippen LogP contribution in [-0.4, -0.2) is 37.2 Å². The Morgan fingerprint density at radius 3 is 2.65 bits per heavy atom. The van der Waals surface area contributed by atoms with Crippen LogP contribution < -0.4 is 10.2 Å². The van der Waals surface area contributed by atoms with Crippen molar-refractivity contribution >= 4 is 28.3 Å². The van der Waals surface area contributed by atoms with Crippen molar-refractivity contribution < 1.29 is 22.7 Å². The lowest BCUT2D eigenvalue weighted by atomic mass is 10.1. The number of hydrogen-bond acceptors (Lipinski definition) is 4. The van der Waals surface area contributed by atoms with Gasteiger partial charge in [0, 0.05) is 37.7 Å². The van der Waals surface area contributed by atoms with E-state index in [4.69, 9.17) is 9.72 Å². The van der Waals surface area contributed by atoms with Crippen molar-refractivity contribution in [2.24, 2.45) is 0 Å². The molecule has 2 aromatic carbocycles. The highest BCUT2D eigenvalue weighted by atomic mass is 19.4. The van der Waals surface area contributed by atoms with Gasteiger partial charge in [0.05, 0.1) is 17.2 Å². The number of amides is 1. The fourth-order valence-corrected chi connectivity index (χ4v) is 4.07. The van der Waals surface area contributed by atoms with E-state index in [2.05, 4.69) is 10.2 Å². The van der Waals surface area contributed by atoms with Crippen LogP contribution in [0.2, 0.25) is 0 Å². The molecule has 1 aromatic heterocycles. The van der Waals surface area contributed by atoms with Crippen LogP contribution >= 0.6 is 0 Å². The van der Waals surface area contributed by atoms with E-state index >= 15 is 0 Å². The van der Waals surface area contributed by atoms with Crippen molar-refractivity contribution in [3.63, 3.8) is 0 Å².